The molecule has 0 N–H and O–H groups in total. The van der Waals surface area contributed by atoms with Crippen molar-refractivity contribution in [1.82, 2.24) is 9.55 Å². The molecule has 0 unspecified atom stereocenters. The van der Waals surface area contributed by atoms with Gasteiger partial charge in [0.1, 0.15) is 4.70 Å². The number of hydrogen-bond donors (Lipinski definition) is 0. The summed E-state index contributed by atoms with van der Waals surface area (Å²) in [6, 6.07) is 1.90. The monoisotopic (exact) mass is 292 g/mol. The third-order valence-electron chi connectivity index (χ3n) is 3.69. The van der Waals surface area contributed by atoms with Crippen LogP contribution in [0.1, 0.15) is 58.3 Å². The Kier molecular flexibility index (Phi) is 6.25. The van der Waals surface area contributed by atoms with Gasteiger partial charge in [0.25, 0.3) is 5.56 Å². The second-order valence-corrected chi connectivity index (χ2v) is 6.27. The first-order valence-corrected chi connectivity index (χ1v) is 8.63. The number of unbranched alkanes of at least 4 members (excludes halogenated alkanes) is 7. The Bertz CT molecular complexity index is 573. The minimum absolute atomic E-state index is 0.118. The summed E-state index contributed by atoms with van der Waals surface area (Å²) in [4.78, 5) is 16.5. The van der Waals surface area contributed by atoms with Gasteiger partial charge in [0, 0.05) is 6.54 Å². The molecule has 0 spiro atoms. The Morgan fingerprint density at radius 1 is 1.10 bits per heavy atom. The van der Waals surface area contributed by atoms with E-state index in [0.29, 0.717) is 0 Å². The zero-order valence-corrected chi connectivity index (χ0v) is 13.1. The molecule has 0 saturated carbocycles. The van der Waals surface area contributed by atoms with Crippen molar-refractivity contribution in [1.29, 1.82) is 0 Å². The van der Waals surface area contributed by atoms with E-state index >= 15 is 0 Å². The number of nitrogens with zero attached hydrogens (tertiary/aromatic N) is 2. The molecule has 0 amide bonds. The third kappa shape index (κ3) is 4.17. The molecule has 0 aliphatic heterocycles. The highest BCUT2D eigenvalue weighted by molar-refractivity contribution is 7.17. The second kappa shape index (κ2) is 8.20. The lowest BCUT2D eigenvalue weighted by molar-refractivity contribution is 0.536. The molecule has 2 heterocycles. The van der Waals surface area contributed by atoms with E-state index in [1.54, 1.807) is 10.9 Å². The van der Waals surface area contributed by atoms with Gasteiger partial charge in [0.2, 0.25) is 0 Å². The molecule has 3 nitrogen and oxygen atoms in total. The second-order valence-electron chi connectivity index (χ2n) is 5.35. The summed E-state index contributed by atoms with van der Waals surface area (Å²) in [7, 11) is 0. The van der Waals surface area contributed by atoms with Crippen LogP contribution in [0.5, 0.6) is 0 Å². The Labute approximate surface area is 124 Å². The molecule has 2 rings (SSSR count). The fourth-order valence-electron chi connectivity index (χ4n) is 2.45. The van der Waals surface area contributed by atoms with Gasteiger partial charge < -0.3 is 0 Å². The number of aryl methyl sites for hydroxylation is 1. The van der Waals surface area contributed by atoms with Crippen molar-refractivity contribution >= 4 is 21.6 Å². The van der Waals surface area contributed by atoms with Crippen LogP contribution < -0.4 is 5.56 Å². The van der Waals surface area contributed by atoms with Crippen molar-refractivity contribution in [2.24, 2.45) is 0 Å². The molecule has 110 valence electrons. The molecule has 0 radical (unpaired) electrons. The van der Waals surface area contributed by atoms with Crippen molar-refractivity contribution in [3.8, 4) is 0 Å². The summed E-state index contributed by atoms with van der Waals surface area (Å²) in [6.45, 7) is 3.05. The van der Waals surface area contributed by atoms with E-state index in [9.17, 15) is 4.79 Å². The first-order chi connectivity index (χ1) is 9.83. The van der Waals surface area contributed by atoms with Crippen LogP contribution in [-0.4, -0.2) is 9.55 Å². The van der Waals surface area contributed by atoms with E-state index in [1.165, 1.54) is 56.3 Å². The number of aromatic nitrogens is 2. The maximum absolute atomic E-state index is 12.2. The van der Waals surface area contributed by atoms with E-state index in [4.69, 9.17) is 0 Å². The molecule has 0 aliphatic carbocycles. The van der Waals surface area contributed by atoms with Crippen molar-refractivity contribution in [3.05, 3.63) is 28.1 Å². The summed E-state index contributed by atoms with van der Waals surface area (Å²) in [5.41, 5.74) is 0.945. The van der Waals surface area contributed by atoms with Crippen molar-refractivity contribution in [3.63, 3.8) is 0 Å². The SMILES string of the molecule is CCCCCCCCCCn1cnc2ccsc2c1=O. The van der Waals surface area contributed by atoms with Gasteiger partial charge in [0.05, 0.1) is 11.8 Å². The lowest BCUT2D eigenvalue weighted by Gasteiger charge is -2.05. The molecule has 0 saturated heterocycles. The Balaban J connectivity index is 1.71. The van der Waals surface area contributed by atoms with E-state index in [-0.39, 0.29) is 5.56 Å². The van der Waals surface area contributed by atoms with Crippen molar-refractivity contribution < 1.29 is 0 Å². The van der Waals surface area contributed by atoms with Gasteiger partial charge >= 0.3 is 0 Å². The molecular weight excluding hydrogens is 268 g/mol. The van der Waals surface area contributed by atoms with Gasteiger partial charge in [-0.25, -0.2) is 4.98 Å². The Morgan fingerprint density at radius 2 is 1.80 bits per heavy atom. The molecule has 4 heteroatoms. The van der Waals surface area contributed by atoms with Crippen LogP contribution in [0.15, 0.2) is 22.6 Å². The third-order valence-corrected chi connectivity index (χ3v) is 4.58. The topological polar surface area (TPSA) is 34.9 Å². The molecule has 0 bridgehead atoms. The van der Waals surface area contributed by atoms with Crippen molar-refractivity contribution in [2.75, 3.05) is 0 Å². The Hall–Kier alpha value is -1.16. The molecule has 0 aliphatic rings. The average Bonchev–Trinajstić information content (AvgIpc) is 2.93. The maximum atomic E-state index is 12.2. The number of fused-ring (bicyclic) bond motifs is 1. The fraction of sp³-hybridized carbons (Fsp3) is 0.625. The summed E-state index contributed by atoms with van der Waals surface area (Å²) in [6.07, 6.45) is 12.0. The first kappa shape index (κ1) is 15.2. The quantitative estimate of drug-likeness (QED) is 0.633. The highest BCUT2D eigenvalue weighted by atomic mass is 32.1. The molecular formula is C16H24N2OS. The summed E-state index contributed by atoms with van der Waals surface area (Å²) in [5, 5.41) is 1.93. The highest BCUT2D eigenvalue weighted by Crippen LogP contribution is 2.13. The van der Waals surface area contributed by atoms with Gasteiger partial charge in [0.15, 0.2) is 0 Å². The van der Waals surface area contributed by atoms with Crippen LogP contribution in [0.2, 0.25) is 0 Å². The highest BCUT2D eigenvalue weighted by Gasteiger charge is 2.04. The summed E-state index contributed by atoms with van der Waals surface area (Å²) >= 11 is 1.49. The smallest absolute Gasteiger partial charge is 0.271 e. The first-order valence-electron chi connectivity index (χ1n) is 7.75. The van der Waals surface area contributed by atoms with Gasteiger partial charge in [-0.05, 0) is 17.9 Å². The summed E-state index contributed by atoms with van der Waals surface area (Å²) in [5.74, 6) is 0. The van der Waals surface area contributed by atoms with Crippen LogP contribution in [0.4, 0.5) is 0 Å². The van der Waals surface area contributed by atoms with E-state index < -0.39 is 0 Å². The molecule has 2 aromatic heterocycles. The number of thiophene rings is 1. The molecule has 2 aromatic rings. The van der Waals surface area contributed by atoms with Gasteiger partial charge in [-0.2, -0.15) is 0 Å². The summed E-state index contributed by atoms with van der Waals surface area (Å²) < 4.78 is 2.54. The minimum Gasteiger partial charge on any atom is -0.298 e. The molecule has 20 heavy (non-hydrogen) atoms. The minimum atomic E-state index is 0.118. The Morgan fingerprint density at radius 3 is 2.55 bits per heavy atom. The zero-order chi connectivity index (χ0) is 14.2. The van der Waals surface area contributed by atoms with Gasteiger partial charge in [-0.15, -0.1) is 11.3 Å². The van der Waals surface area contributed by atoms with Crippen LogP contribution in [0, 0.1) is 0 Å². The van der Waals surface area contributed by atoms with Crippen LogP contribution in [-0.2, 0) is 6.54 Å². The van der Waals surface area contributed by atoms with E-state index in [1.807, 2.05) is 11.4 Å². The van der Waals surface area contributed by atoms with Gasteiger partial charge in [-0.1, -0.05) is 51.9 Å². The standard InChI is InChI=1S/C16H24N2OS/c1-2-3-4-5-6-7-8-9-11-18-13-17-14-10-12-20-15(14)16(18)19/h10,12-13H,2-9,11H2,1H3. The molecule has 0 aromatic carbocycles. The van der Waals surface area contributed by atoms with Gasteiger partial charge in [-0.3, -0.25) is 9.36 Å². The average molecular weight is 292 g/mol. The number of hydrogen-bond acceptors (Lipinski definition) is 3. The van der Waals surface area contributed by atoms with Crippen LogP contribution in [0.3, 0.4) is 0 Å². The largest absolute Gasteiger partial charge is 0.298 e. The molecule has 0 fully saturated rings. The van der Waals surface area contributed by atoms with E-state index in [2.05, 4.69) is 11.9 Å². The van der Waals surface area contributed by atoms with Crippen molar-refractivity contribution in [2.45, 2.75) is 64.8 Å². The molecule has 0 atom stereocenters. The normalized spacial score (nSPS) is 11.2. The lowest BCUT2D eigenvalue weighted by Crippen LogP contribution is -2.19. The zero-order valence-electron chi connectivity index (χ0n) is 12.3. The van der Waals surface area contributed by atoms with E-state index in [0.717, 1.165) is 23.2 Å². The van der Waals surface area contributed by atoms with Crippen LogP contribution >= 0.6 is 11.3 Å². The number of rotatable bonds is 9. The van der Waals surface area contributed by atoms with Crippen LogP contribution in [0.25, 0.3) is 10.2 Å². The predicted octanol–water partition coefficient (Wildman–Crippen LogP) is 4.60. The maximum Gasteiger partial charge on any atom is 0.271 e. The predicted molar refractivity (Wildman–Crippen MR) is 86.5 cm³/mol. The fourth-order valence-corrected chi connectivity index (χ4v) is 3.25. The lowest BCUT2D eigenvalue weighted by atomic mass is 10.1.